The molecular weight excluding hydrogens is 254 g/mol. The Morgan fingerprint density at radius 3 is 2.75 bits per heavy atom. The number of hydrogen-bond donors (Lipinski definition) is 0. The number of carbonyl (C=O) groups is 2. The highest BCUT2D eigenvalue weighted by molar-refractivity contribution is 5.70. The second-order valence-corrected chi connectivity index (χ2v) is 6.04. The molecule has 0 spiro atoms. The van der Waals surface area contributed by atoms with Crippen LogP contribution in [0.3, 0.4) is 0 Å². The van der Waals surface area contributed by atoms with Gasteiger partial charge in [0.05, 0.1) is 6.04 Å². The van der Waals surface area contributed by atoms with E-state index in [-0.39, 0.29) is 12.1 Å². The van der Waals surface area contributed by atoms with Crippen LogP contribution in [0.2, 0.25) is 0 Å². The summed E-state index contributed by atoms with van der Waals surface area (Å²) in [7, 11) is 0. The molecule has 0 bridgehead atoms. The fraction of sp³-hybridized carbons (Fsp3) is 0.500. The molecule has 1 heterocycles. The Kier molecular flexibility index (Phi) is 4.12. The van der Waals surface area contributed by atoms with Gasteiger partial charge in [0.2, 0.25) is 0 Å². The molecule has 0 N–H and O–H groups in total. The van der Waals surface area contributed by atoms with Crippen molar-refractivity contribution in [1.82, 2.24) is 4.90 Å². The van der Waals surface area contributed by atoms with Crippen LogP contribution in [0.15, 0.2) is 24.3 Å². The summed E-state index contributed by atoms with van der Waals surface area (Å²) < 4.78 is 5.44. The van der Waals surface area contributed by atoms with Crippen molar-refractivity contribution < 1.29 is 14.3 Å². The van der Waals surface area contributed by atoms with Gasteiger partial charge in [-0.25, -0.2) is 4.79 Å². The fourth-order valence-electron chi connectivity index (χ4n) is 2.54. The van der Waals surface area contributed by atoms with Crippen molar-refractivity contribution in [2.75, 3.05) is 6.54 Å². The van der Waals surface area contributed by atoms with E-state index in [0.717, 1.165) is 18.3 Å². The number of hydrogen-bond acceptors (Lipinski definition) is 3. The van der Waals surface area contributed by atoms with E-state index in [9.17, 15) is 9.59 Å². The third-order valence-electron chi connectivity index (χ3n) is 3.36. The largest absolute Gasteiger partial charge is 0.444 e. The number of benzene rings is 1. The third kappa shape index (κ3) is 3.18. The van der Waals surface area contributed by atoms with Gasteiger partial charge in [-0.15, -0.1) is 0 Å². The first-order valence-electron chi connectivity index (χ1n) is 6.93. The Bertz CT molecular complexity index is 505. The Morgan fingerprint density at radius 1 is 1.40 bits per heavy atom. The van der Waals surface area contributed by atoms with E-state index in [4.69, 9.17) is 4.74 Å². The lowest BCUT2D eigenvalue weighted by molar-refractivity contribution is -0.109. The highest BCUT2D eigenvalue weighted by Gasteiger charge is 2.33. The topological polar surface area (TPSA) is 46.6 Å². The van der Waals surface area contributed by atoms with Crippen molar-refractivity contribution in [2.24, 2.45) is 0 Å². The number of carbonyl (C=O) groups excluding carboxylic acids is 2. The van der Waals surface area contributed by atoms with E-state index in [2.05, 4.69) is 6.07 Å². The molecule has 1 amide bonds. The maximum absolute atomic E-state index is 12.3. The van der Waals surface area contributed by atoms with E-state index in [0.29, 0.717) is 13.0 Å². The quantitative estimate of drug-likeness (QED) is 0.779. The van der Waals surface area contributed by atoms with Crippen LogP contribution in [0.1, 0.15) is 44.4 Å². The van der Waals surface area contributed by atoms with Crippen molar-refractivity contribution in [3.8, 4) is 0 Å². The van der Waals surface area contributed by atoms with Crippen LogP contribution in [0, 0.1) is 0 Å². The molecule has 0 radical (unpaired) electrons. The third-order valence-corrected chi connectivity index (χ3v) is 3.36. The van der Waals surface area contributed by atoms with E-state index in [1.165, 1.54) is 5.56 Å². The molecular formula is C16H21NO3. The second kappa shape index (κ2) is 5.65. The Labute approximate surface area is 119 Å². The predicted octanol–water partition coefficient (Wildman–Crippen LogP) is 3.11. The number of ether oxygens (including phenoxy) is 1. The lowest BCUT2D eigenvalue weighted by Gasteiger charge is -2.37. The molecule has 0 aliphatic carbocycles. The SMILES string of the molecule is CC(C)(C)OC(=O)N1CCc2ccccc2C1CC=O. The summed E-state index contributed by atoms with van der Waals surface area (Å²) in [5.41, 5.74) is 1.73. The molecule has 1 aromatic carbocycles. The van der Waals surface area contributed by atoms with Gasteiger partial charge in [-0.2, -0.15) is 0 Å². The van der Waals surface area contributed by atoms with Crippen LogP contribution in [0.4, 0.5) is 4.79 Å². The molecule has 4 heteroatoms. The molecule has 20 heavy (non-hydrogen) atoms. The highest BCUT2D eigenvalue weighted by Crippen LogP contribution is 2.32. The summed E-state index contributed by atoms with van der Waals surface area (Å²) in [6.45, 7) is 6.12. The number of rotatable bonds is 2. The average molecular weight is 275 g/mol. The van der Waals surface area contributed by atoms with Crippen LogP contribution in [-0.4, -0.2) is 29.4 Å². The van der Waals surface area contributed by atoms with Gasteiger partial charge in [-0.05, 0) is 38.3 Å². The molecule has 4 nitrogen and oxygen atoms in total. The minimum atomic E-state index is -0.528. The average Bonchev–Trinajstić information content (AvgIpc) is 2.37. The summed E-state index contributed by atoms with van der Waals surface area (Å²) in [6.07, 6.45) is 1.62. The molecule has 0 aromatic heterocycles. The van der Waals surface area contributed by atoms with E-state index < -0.39 is 5.60 Å². The fourth-order valence-corrected chi connectivity index (χ4v) is 2.54. The Balaban J connectivity index is 2.26. The first-order chi connectivity index (χ1) is 9.42. The summed E-state index contributed by atoms with van der Waals surface area (Å²) in [5, 5.41) is 0. The van der Waals surface area contributed by atoms with Crippen LogP contribution in [0.5, 0.6) is 0 Å². The lowest BCUT2D eigenvalue weighted by atomic mass is 9.91. The molecule has 0 saturated carbocycles. The Morgan fingerprint density at radius 2 is 2.10 bits per heavy atom. The van der Waals surface area contributed by atoms with Crippen LogP contribution < -0.4 is 0 Å². The zero-order chi connectivity index (χ0) is 14.8. The van der Waals surface area contributed by atoms with Gasteiger partial charge in [0.15, 0.2) is 0 Å². The standard InChI is InChI=1S/C16H21NO3/c1-16(2,3)20-15(19)17-10-8-12-6-4-5-7-13(12)14(17)9-11-18/h4-7,11,14H,8-10H2,1-3H3. The molecule has 1 aromatic rings. The normalized spacial score (nSPS) is 18.4. The molecule has 0 fully saturated rings. The smallest absolute Gasteiger partial charge is 0.410 e. The van der Waals surface area contributed by atoms with E-state index in [1.54, 1.807) is 4.90 Å². The van der Waals surface area contributed by atoms with Gasteiger partial charge >= 0.3 is 6.09 Å². The van der Waals surface area contributed by atoms with Crippen molar-refractivity contribution >= 4 is 12.4 Å². The summed E-state index contributed by atoms with van der Waals surface area (Å²) in [6, 6.07) is 7.75. The summed E-state index contributed by atoms with van der Waals surface area (Å²) in [4.78, 5) is 24.9. The van der Waals surface area contributed by atoms with E-state index in [1.807, 2.05) is 39.0 Å². The molecule has 1 atom stereocenters. The molecule has 1 aliphatic rings. The van der Waals surface area contributed by atoms with Crippen LogP contribution >= 0.6 is 0 Å². The van der Waals surface area contributed by atoms with Gasteiger partial charge < -0.3 is 14.4 Å². The molecule has 108 valence electrons. The van der Waals surface area contributed by atoms with Gasteiger partial charge in [0.1, 0.15) is 11.9 Å². The van der Waals surface area contributed by atoms with Crippen molar-refractivity contribution in [3.63, 3.8) is 0 Å². The molecule has 1 unspecified atom stereocenters. The Hall–Kier alpha value is -1.84. The van der Waals surface area contributed by atoms with Crippen LogP contribution in [-0.2, 0) is 16.0 Å². The minimum absolute atomic E-state index is 0.215. The highest BCUT2D eigenvalue weighted by atomic mass is 16.6. The summed E-state index contributed by atoms with van der Waals surface area (Å²) >= 11 is 0. The number of fused-ring (bicyclic) bond motifs is 1. The minimum Gasteiger partial charge on any atom is -0.444 e. The summed E-state index contributed by atoms with van der Waals surface area (Å²) in [5.74, 6) is 0. The van der Waals surface area contributed by atoms with Gasteiger partial charge in [0, 0.05) is 13.0 Å². The van der Waals surface area contributed by atoms with E-state index >= 15 is 0 Å². The molecule has 0 saturated heterocycles. The first kappa shape index (κ1) is 14.6. The number of nitrogens with zero attached hydrogens (tertiary/aromatic N) is 1. The number of amides is 1. The second-order valence-electron chi connectivity index (χ2n) is 6.04. The van der Waals surface area contributed by atoms with Gasteiger partial charge in [-0.3, -0.25) is 0 Å². The monoisotopic (exact) mass is 275 g/mol. The lowest BCUT2D eigenvalue weighted by Crippen LogP contribution is -2.43. The van der Waals surface area contributed by atoms with Gasteiger partial charge in [-0.1, -0.05) is 24.3 Å². The molecule has 2 rings (SSSR count). The maximum atomic E-state index is 12.3. The zero-order valence-corrected chi connectivity index (χ0v) is 12.3. The number of aldehydes is 1. The van der Waals surface area contributed by atoms with Crippen molar-refractivity contribution in [1.29, 1.82) is 0 Å². The zero-order valence-electron chi connectivity index (χ0n) is 12.3. The molecule has 1 aliphatic heterocycles. The van der Waals surface area contributed by atoms with Crippen LogP contribution in [0.25, 0.3) is 0 Å². The maximum Gasteiger partial charge on any atom is 0.410 e. The predicted molar refractivity (Wildman–Crippen MR) is 76.5 cm³/mol. The van der Waals surface area contributed by atoms with Crippen molar-refractivity contribution in [3.05, 3.63) is 35.4 Å². The van der Waals surface area contributed by atoms with Gasteiger partial charge in [0.25, 0.3) is 0 Å². The van der Waals surface area contributed by atoms with Crippen molar-refractivity contribution in [2.45, 2.75) is 45.3 Å². The first-order valence-corrected chi connectivity index (χ1v) is 6.93.